The van der Waals surface area contributed by atoms with Crippen LogP contribution in [0.1, 0.15) is 30.1 Å². The maximum atomic E-state index is 13.0. The quantitative estimate of drug-likeness (QED) is 0.827. The minimum atomic E-state index is -0.624. The van der Waals surface area contributed by atoms with Gasteiger partial charge >= 0.3 is 0 Å². The maximum absolute atomic E-state index is 13.0. The van der Waals surface area contributed by atoms with Crippen LogP contribution in [0.5, 0.6) is 0 Å². The molecule has 1 N–H and O–H groups in total. The monoisotopic (exact) mass is 320 g/mol. The number of rotatable bonds is 6. The van der Waals surface area contributed by atoms with Gasteiger partial charge in [-0.05, 0) is 42.2 Å². The Morgan fingerprint density at radius 2 is 1.95 bits per heavy atom. The normalized spacial score (nSPS) is 16.0. The van der Waals surface area contributed by atoms with Crippen molar-refractivity contribution in [3.8, 4) is 0 Å². The molecular weight excluding hydrogens is 303 g/mol. The average Bonchev–Trinajstić information content (AvgIpc) is 3.34. The highest BCUT2D eigenvalue weighted by Gasteiger charge is 2.30. The van der Waals surface area contributed by atoms with Crippen LogP contribution in [0.4, 0.5) is 4.39 Å². The summed E-state index contributed by atoms with van der Waals surface area (Å²) in [7, 11) is 0. The van der Waals surface area contributed by atoms with E-state index in [4.69, 9.17) is 11.6 Å². The summed E-state index contributed by atoms with van der Waals surface area (Å²) in [5.41, 5.74) is 1.81. The Morgan fingerprint density at radius 1 is 1.23 bits per heavy atom. The Balaban J connectivity index is 1.66. The van der Waals surface area contributed by atoms with Crippen molar-refractivity contribution < 1.29 is 9.50 Å². The molecule has 0 spiro atoms. The highest BCUT2D eigenvalue weighted by Crippen LogP contribution is 2.30. The summed E-state index contributed by atoms with van der Waals surface area (Å²) in [6.07, 6.45) is 3.44. The van der Waals surface area contributed by atoms with Gasteiger partial charge in [0.05, 0.1) is 6.10 Å². The Labute approximate surface area is 134 Å². The number of aliphatic hydroxyl groups is 1. The molecule has 1 atom stereocenters. The number of pyridine rings is 1. The first kappa shape index (κ1) is 15.4. The molecule has 1 unspecified atom stereocenters. The Morgan fingerprint density at radius 3 is 2.55 bits per heavy atom. The van der Waals surface area contributed by atoms with E-state index in [0.717, 1.165) is 30.5 Å². The molecule has 1 saturated carbocycles. The van der Waals surface area contributed by atoms with Gasteiger partial charge in [-0.25, -0.2) is 9.37 Å². The summed E-state index contributed by atoms with van der Waals surface area (Å²) in [5, 5.41) is 10.9. The molecule has 1 heterocycles. The molecule has 22 heavy (non-hydrogen) atoms. The van der Waals surface area contributed by atoms with Gasteiger partial charge in [0.2, 0.25) is 0 Å². The van der Waals surface area contributed by atoms with Gasteiger partial charge in [0, 0.05) is 25.3 Å². The third-order valence-electron chi connectivity index (χ3n) is 3.90. The summed E-state index contributed by atoms with van der Waals surface area (Å²) in [4.78, 5) is 6.34. The SMILES string of the molecule is OC(CN(Cc1ccc(Cl)nc1)C1CC1)c1ccc(F)cc1. The molecule has 116 valence electrons. The predicted molar refractivity (Wildman–Crippen MR) is 84.0 cm³/mol. The van der Waals surface area contributed by atoms with Gasteiger partial charge in [-0.3, -0.25) is 4.90 Å². The van der Waals surface area contributed by atoms with Crippen molar-refractivity contribution in [2.75, 3.05) is 6.54 Å². The molecule has 5 heteroatoms. The molecule has 1 aromatic heterocycles. The first-order valence-electron chi connectivity index (χ1n) is 7.40. The van der Waals surface area contributed by atoms with Crippen molar-refractivity contribution in [3.05, 3.63) is 64.7 Å². The second-order valence-electron chi connectivity index (χ2n) is 5.72. The van der Waals surface area contributed by atoms with E-state index in [9.17, 15) is 9.50 Å². The van der Waals surface area contributed by atoms with Gasteiger partial charge in [0.1, 0.15) is 11.0 Å². The molecule has 0 saturated heterocycles. The minimum absolute atomic E-state index is 0.290. The molecule has 0 radical (unpaired) electrons. The number of halogens is 2. The smallest absolute Gasteiger partial charge is 0.129 e. The van der Waals surface area contributed by atoms with Crippen molar-refractivity contribution in [1.29, 1.82) is 0 Å². The Hall–Kier alpha value is -1.49. The largest absolute Gasteiger partial charge is 0.387 e. The molecular formula is C17H18ClFN2O. The van der Waals surface area contributed by atoms with Crippen LogP contribution in [-0.2, 0) is 6.54 Å². The van der Waals surface area contributed by atoms with Crippen LogP contribution in [0, 0.1) is 5.82 Å². The highest BCUT2D eigenvalue weighted by atomic mass is 35.5. The fourth-order valence-corrected chi connectivity index (χ4v) is 2.64. The van der Waals surface area contributed by atoms with Crippen molar-refractivity contribution in [3.63, 3.8) is 0 Å². The molecule has 1 aliphatic carbocycles. The van der Waals surface area contributed by atoms with E-state index in [0.29, 0.717) is 17.7 Å². The Kier molecular flexibility index (Phi) is 4.71. The third-order valence-corrected chi connectivity index (χ3v) is 4.12. The third kappa shape index (κ3) is 4.03. The second kappa shape index (κ2) is 6.73. The van der Waals surface area contributed by atoms with E-state index >= 15 is 0 Å². The lowest BCUT2D eigenvalue weighted by atomic mass is 10.1. The zero-order chi connectivity index (χ0) is 15.5. The molecule has 0 amide bonds. The van der Waals surface area contributed by atoms with Crippen molar-refractivity contribution >= 4 is 11.6 Å². The fraction of sp³-hybridized carbons (Fsp3) is 0.353. The number of hydrogen-bond donors (Lipinski definition) is 1. The van der Waals surface area contributed by atoms with Crippen LogP contribution >= 0.6 is 11.6 Å². The zero-order valence-electron chi connectivity index (χ0n) is 12.1. The molecule has 0 bridgehead atoms. The molecule has 3 rings (SSSR count). The lowest BCUT2D eigenvalue weighted by Gasteiger charge is -2.25. The van der Waals surface area contributed by atoms with Crippen LogP contribution in [0.2, 0.25) is 5.15 Å². The van der Waals surface area contributed by atoms with Crippen molar-refractivity contribution in [1.82, 2.24) is 9.88 Å². The average molecular weight is 321 g/mol. The molecule has 0 aliphatic heterocycles. The number of aromatic nitrogens is 1. The maximum Gasteiger partial charge on any atom is 0.129 e. The number of nitrogens with zero attached hydrogens (tertiary/aromatic N) is 2. The van der Waals surface area contributed by atoms with Crippen LogP contribution in [0.25, 0.3) is 0 Å². The molecule has 1 aliphatic rings. The van der Waals surface area contributed by atoms with E-state index in [1.165, 1.54) is 12.1 Å². The summed E-state index contributed by atoms with van der Waals surface area (Å²) in [6.45, 7) is 1.26. The molecule has 3 nitrogen and oxygen atoms in total. The van der Waals surface area contributed by atoms with Crippen molar-refractivity contribution in [2.24, 2.45) is 0 Å². The first-order valence-corrected chi connectivity index (χ1v) is 7.77. The van der Waals surface area contributed by atoms with Gasteiger partial charge in [-0.15, -0.1) is 0 Å². The standard InChI is InChI=1S/C17H18ClFN2O/c18-17-8-1-12(9-20-17)10-21(15-6-7-15)11-16(22)13-2-4-14(19)5-3-13/h1-5,8-9,15-16,22H,6-7,10-11H2. The number of aliphatic hydroxyl groups excluding tert-OH is 1. The van der Waals surface area contributed by atoms with E-state index in [2.05, 4.69) is 9.88 Å². The van der Waals surface area contributed by atoms with Crippen molar-refractivity contribution in [2.45, 2.75) is 31.5 Å². The van der Waals surface area contributed by atoms with E-state index in [1.807, 2.05) is 6.07 Å². The van der Waals surface area contributed by atoms with E-state index in [1.54, 1.807) is 24.4 Å². The van der Waals surface area contributed by atoms with Gasteiger partial charge in [0.15, 0.2) is 0 Å². The second-order valence-corrected chi connectivity index (χ2v) is 6.10. The summed E-state index contributed by atoms with van der Waals surface area (Å²) < 4.78 is 13.0. The lowest BCUT2D eigenvalue weighted by molar-refractivity contribution is 0.104. The topological polar surface area (TPSA) is 36.4 Å². The molecule has 1 fully saturated rings. The first-order chi connectivity index (χ1) is 10.6. The summed E-state index contributed by atoms with van der Waals surface area (Å²) >= 11 is 5.80. The van der Waals surface area contributed by atoms with Crippen LogP contribution in [0.15, 0.2) is 42.6 Å². The number of hydrogen-bond acceptors (Lipinski definition) is 3. The Bertz CT molecular complexity index is 614. The van der Waals surface area contributed by atoms with Gasteiger partial charge in [-0.1, -0.05) is 29.8 Å². The van der Waals surface area contributed by atoms with Gasteiger partial charge in [-0.2, -0.15) is 0 Å². The zero-order valence-corrected chi connectivity index (χ0v) is 12.9. The molecule has 1 aromatic carbocycles. The fourth-order valence-electron chi connectivity index (χ4n) is 2.53. The van der Waals surface area contributed by atoms with E-state index in [-0.39, 0.29) is 5.82 Å². The minimum Gasteiger partial charge on any atom is -0.387 e. The van der Waals surface area contributed by atoms with Crippen LogP contribution < -0.4 is 0 Å². The number of benzene rings is 1. The van der Waals surface area contributed by atoms with Crippen LogP contribution in [-0.4, -0.2) is 27.6 Å². The summed E-state index contributed by atoms with van der Waals surface area (Å²) in [6, 6.07) is 10.3. The van der Waals surface area contributed by atoms with Crippen LogP contribution in [0.3, 0.4) is 0 Å². The molecule has 2 aromatic rings. The van der Waals surface area contributed by atoms with Gasteiger partial charge < -0.3 is 5.11 Å². The van der Waals surface area contributed by atoms with E-state index < -0.39 is 6.10 Å². The lowest BCUT2D eigenvalue weighted by Crippen LogP contribution is -2.30. The summed E-state index contributed by atoms with van der Waals surface area (Å²) in [5.74, 6) is -0.290. The predicted octanol–water partition coefficient (Wildman–Crippen LogP) is 3.57. The van der Waals surface area contributed by atoms with Gasteiger partial charge in [0.25, 0.3) is 0 Å². The highest BCUT2D eigenvalue weighted by molar-refractivity contribution is 6.29.